The van der Waals surface area contributed by atoms with E-state index in [0.29, 0.717) is 11.5 Å². The van der Waals surface area contributed by atoms with Crippen LogP contribution in [0.15, 0.2) is 10.6 Å². The lowest BCUT2D eigenvalue weighted by Crippen LogP contribution is -2.35. The van der Waals surface area contributed by atoms with Crippen LogP contribution in [-0.4, -0.2) is 11.2 Å². The standard InChI is InChI=1S/C13H22N2O/c1-10-8-12(16-15-10)9-14-11-4-6-13(2,3)7-5-11/h8,11,14H,4-7,9H2,1-3H3. The fourth-order valence-corrected chi connectivity index (χ4v) is 2.35. The van der Waals surface area contributed by atoms with Gasteiger partial charge in [-0.2, -0.15) is 0 Å². The highest BCUT2D eigenvalue weighted by molar-refractivity contribution is 5.02. The Morgan fingerprint density at radius 2 is 2.12 bits per heavy atom. The van der Waals surface area contributed by atoms with E-state index in [-0.39, 0.29) is 0 Å². The molecule has 1 aliphatic rings. The Bertz CT molecular complexity index is 333. The highest BCUT2D eigenvalue weighted by Gasteiger charge is 2.26. The van der Waals surface area contributed by atoms with Crippen LogP contribution in [0.5, 0.6) is 0 Å². The molecule has 1 saturated carbocycles. The van der Waals surface area contributed by atoms with Crippen molar-refractivity contribution in [2.45, 2.75) is 59.0 Å². The predicted molar refractivity (Wildman–Crippen MR) is 64.1 cm³/mol. The Kier molecular flexibility index (Phi) is 3.33. The van der Waals surface area contributed by atoms with Crippen LogP contribution in [0.3, 0.4) is 0 Å². The van der Waals surface area contributed by atoms with Crippen LogP contribution in [0.4, 0.5) is 0 Å². The molecular formula is C13H22N2O. The van der Waals surface area contributed by atoms with Gasteiger partial charge in [0.25, 0.3) is 0 Å². The quantitative estimate of drug-likeness (QED) is 0.854. The fraction of sp³-hybridized carbons (Fsp3) is 0.769. The lowest BCUT2D eigenvalue weighted by atomic mass is 9.75. The highest BCUT2D eigenvalue weighted by atomic mass is 16.5. The molecular weight excluding hydrogens is 200 g/mol. The largest absolute Gasteiger partial charge is 0.360 e. The summed E-state index contributed by atoms with van der Waals surface area (Å²) < 4.78 is 5.18. The van der Waals surface area contributed by atoms with Gasteiger partial charge in [-0.15, -0.1) is 0 Å². The summed E-state index contributed by atoms with van der Waals surface area (Å²) in [7, 11) is 0. The maximum atomic E-state index is 5.18. The molecule has 1 fully saturated rings. The molecule has 0 amide bonds. The van der Waals surface area contributed by atoms with Gasteiger partial charge in [0.1, 0.15) is 0 Å². The minimum Gasteiger partial charge on any atom is -0.360 e. The van der Waals surface area contributed by atoms with Crippen molar-refractivity contribution in [2.24, 2.45) is 5.41 Å². The topological polar surface area (TPSA) is 38.1 Å². The summed E-state index contributed by atoms with van der Waals surface area (Å²) in [6.45, 7) is 7.49. The van der Waals surface area contributed by atoms with Gasteiger partial charge in [-0.25, -0.2) is 0 Å². The number of nitrogens with zero attached hydrogens (tertiary/aromatic N) is 1. The maximum Gasteiger partial charge on any atom is 0.150 e. The third-order valence-corrected chi connectivity index (χ3v) is 3.58. The van der Waals surface area contributed by atoms with E-state index in [1.165, 1.54) is 25.7 Å². The van der Waals surface area contributed by atoms with Gasteiger partial charge in [-0.05, 0) is 38.0 Å². The van der Waals surface area contributed by atoms with E-state index < -0.39 is 0 Å². The summed E-state index contributed by atoms with van der Waals surface area (Å²) >= 11 is 0. The molecule has 0 bridgehead atoms. The summed E-state index contributed by atoms with van der Waals surface area (Å²) in [5.41, 5.74) is 1.50. The first-order valence-electron chi connectivity index (χ1n) is 6.21. The molecule has 1 heterocycles. The van der Waals surface area contributed by atoms with Crippen molar-refractivity contribution >= 4 is 0 Å². The zero-order chi connectivity index (χ0) is 11.6. The maximum absolute atomic E-state index is 5.18. The lowest BCUT2D eigenvalue weighted by Gasteiger charge is -2.34. The molecule has 0 unspecified atom stereocenters. The first-order valence-corrected chi connectivity index (χ1v) is 6.21. The van der Waals surface area contributed by atoms with Crippen molar-refractivity contribution in [1.29, 1.82) is 0 Å². The second-order valence-electron chi connectivity index (χ2n) is 5.75. The molecule has 1 aromatic heterocycles. The van der Waals surface area contributed by atoms with E-state index in [1.807, 2.05) is 13.0 Å². The molecule has 0 spiro atoms. The number of aryl methyl sites for hydroxylation is 1. The molecule has 1 N–H and O–H groups in total. The molecule has 90 valence electrons. The van der Waals surface area contributed by atoms with E-state index in [0.717, 1.165) is 18.0 Å². The van der Waals surface area contributed by atoms with Crippen molar-refractivity contribution in [2.75, 3.05) is 0 Å². The summed E-state index contributed by atoms with van der Waals surface area (Å²) in [4.78, 5) is 0. The molecule has 3 heteroatoms. The Labute approximate surface area is 97.6 Å². The van der Waals surface area contributed by atoms with Crippen LogP contribution in [0, 0.1) is 12.3 Å². The Hall–Kier alpha value is -0.830. The minimum atomic E-state index is 0.543. The average molecular weight is 222 g/mol. The summed E-state index contributed by atoms with van der Waals surface area (Å²) in [5.74, 6) is 0.947. The monoisotopic (exact) mass is 222 g/mol. The number of hydrogen-bond donors (Lipinski definition) is 1. The molecule has 0 aromatic carbocycles. The van der Waals surface area contributed by atoms with Gasteiger partial charge in [0, 0.05) is 12.1 Å². The van der Waals surface area contributed by atoms with Gasteiger partial charge in [-0.3, -0.25) is 0 Å². The number of rotatable bonds is 3. The SMILES string of the molecule is Cc1cc(CNC2CCC(C)(C)CC2)on1. The van der Waals surface area contributed by atoms with Crippen LogP contribution in [0.1, 0.15) is 51.0 Å². The van der Waals surface area contributed by atoms with Gasteiger partial charge >= 0.3 is 0 Å². The van der Waals surface area contributed by atoms with E-state index in [4.69, 9.17) is 4.52 Å². The van der Waals surface area contributed by atoms with E-state index in [1.54, 1.807) is 0 Å². The minimum absolute atomic E-state index is 0.543. The zero-order valence-corrected chi connectivity index (χ0v) is 10.5. The number of hydrogen-bond acceptors (Lipinski definition) is 3. The second kappa shape index (κ2) is 4.58. The van der Waals surface area contributed by atoms with E-state index >= 15 is 0 Å². The van der Waals surface area contributed by atoms with Crippen molar-refractivity contribution in [3.8, 4) is 0 Å². The summed E-state index contributed by atoms with van der Waals surface area (Å²) in [5, 5.41) is 7.44. The van der Waals surface area contributed by atoms with Crippen LogP contribution < -0.4 is 5.32 Å². The average Bonchev–Trinajstić information content (AvgIpc) is 2.63. The van der Waals surface area contributed by atoms with Gasteiger partial charge in [-0.1, -0.05) is 19.0 Å². The molecule has 1 aliphatic carbocycles. The fourth-order valence-electron chi connectivity index (χ4n) is 2.35. The third kappa shape index (κ3) is 3.08. The molecule has 0 saturated heterocycles. The highest BCUT2D eigenvalue weighted by Crippen LogP contribution is 2.35. The lowest BCUT2D eigenvalue weighted by molar-refractivity contribution is 0.203. The Balaban J connectivity index is 1.75. The molecule has 3 nitrogen and oxygen atoms in total. The molecule has 2 rings (SSSR count). The van der Waals surface area contributed by atoms with Gasteiger partial charge in [0.15, 0.2) is 5.76 Å². The molecule has 0 aliphatic heterocycles. The molecule has 16 heavy (non-hydrogen) atoms. The van der Waals surface area contributed by atoms with Crippen LogP contribution in [0.2, 0.25) is 0 Å². The first kappa shape index (κ1) is 11.6. The summed E-state index contributed by atoms with van der Waals surface area (Å²) in [6.07, 6.45) is 5.19. The predicted octanol–water partition coefficient (Wildman–Crippen LogP) is 3.04. The Morgan fingerprint density at radius 1 is 1.44 bits per heavy atom. The van der Waals surface area contributed by atoms with E-state index in [2.05, 4.69) is 24.3 Å². The second-order valence-corrected chi connectivity index (χ2v) is 5.75. The van der Waals surface area contributed by atoms with Gasteiger partial charge in [0.2, 0.25) is 0 Å². The van der Waals surface area contributed by atoms with Crippen molar-refractivity contribution in [3.05, 3.63) is 17.5 Å². The molecule has 1 aromatic rings. The molecule has 0 atom stereocenters. The van der Waals surface area contributed by atoms with Crippen molar-refractivity contribution in [3.63, 3.8) is 0 Å². The smallest absolute Gasteiger partial charge is 0.150 e. The Morgan fingerprint density at radius 3 is 2.69 bits per heavy atom. The summed E-state index contributed by atoms with van der Waals surface area (Å²) in [6, 6.07) is 2.65. The van der Waals surface area contributed by atoms with Crippen LogP contribution >= 0.6 is 0 Å². The first-order chi connectivity index (χ1) is 7.55. The van der Waals surface area contributed by atoms with Gasteiger partial charge in [0.05, 0.1) is 12.2 Å². The van der Waals surface area contributed by atoms with Gasteiger partial charge < -0.3 is 9.84 Å². The van der Waals surface area contributed by atoms with Crippen LogP contribution in [0.25, 0.3) is 0 Å². The number of nitrogens with one attached hydrogen (secondary N) is 1. The normalized spacial score (nSPS) is 21.2. The number of aromatic nitrogens is 1. The van der Waals surface area contributed by atoms with Crippen molar-refractivity contribution < 1.29 is 4.52 Å². The van der Waals surface area contributed by atoms with Crippen molar-refractivity contribution in [1.82, 2.24) is 10.5 Å². The molecule has 0 radical (unpaired) electrons. The third-order valence-electron chi connectivity index (χ3n) is 3.58. The van der Waals surface area contributed by atoms with Crippen LogP contribution in [-0.2, 0) is 6.54 Å². The zero-order valence-electron chi connectivity index (χ0n) is 10.5. The van der Waals surface area contributed by atoms with E-state index in [9.17, 15) is 0 Å².